The average molecular weight is 360 g/mol. The van der Waals surface area contributed by atoms with Crippen molar-refractivity contribution in [2.75, 3.05) is 13.1 Å². The first-order valence-corrected chi connectivity index (χ1v) is 9.57. The van der Waals surface area contributed by atoms with Crippen molar-refractivity contribution in [1.82, 2.24) is 10.1 Å². The number of rotatable bonds is 4. The standard InChI is InChI=1S/C23H24N2O2/c1-17-21(22(24-27-17)20-10-6-3-7-11-20)23(26)25-14-12-19(13-15-25)16-18-8-4-2-5-9-18/h2-11,19H,12-16H2,1H3. The Balaban J connectivity index is 1.45. The van der Waals surface area contributed by atoms with Gasteiger partial charge in [-0.25, -0.2) is 0 Å². The molecular formula is C23H24N2O2. The number of nitrogens with zero attached hydrogens (tertiary/aromatic N) is 2. The summed E-state index contributed by atoms with van der Waals surface area (Å²) in [5.74, 6) is 1.25. The van der Waals surface area contributed by atoms with E-state index in [1.807, 2.05) is 42.2 Å². The second kappa shape index (κ2) is 7.78. The van der Waals surface area contributed by atoms with E-state index in [9.17, 15) is 4.79 Å². The molecule has 1 fully saturated rings. The van der Waals surface area contributed by atoms with Gasteiger partial charge in [-0.05, 0) is 37.7 Å². The van der Waals surface area contributed by atoms with Crippen molar-refractivity contribution < 1.29 is 9.32 Å². The molecule has 27 heavy (non-hydrogen) atoms. The van der Waals surface area contributed by atoms with E-state index in [4.69, 9.17) is 4.52 Å². The van der Waals surface area contributed by atoms with Crippen LogP contribution in [0.3, 0.4) is 0 Å². The van der Waals surface area contributed by atoms with Crippen LogP contribution < -0.4 is 0 Å². The second-order valence-corrected chi connectivity index (χ2v) is 7.25. The molecule has 0 aliphatic carbocycles. The number of piperidine rings is 1. The third kappa shape index (κ3) is 3.80. The molecular weight excluding hydrogens is 336 g/mol. The fourth-order valence-corrected chi connectivity index (χ4v) is 3.86. The molecule has 4 heteroatoms. The summed E-state index contributed by atoms with van der Waals surface area (Å²) in [4.78, 5) is 15.1. The molecule has 3 aromatic rings. The monoisotopic (exact) mass is 360 g/mol. The second-order valence-electron chi connectivity index (χ2n) is 7.25. The summed E-state index contributed by atoms with van der Waals surface area (Å²) in [6.45, 7) is 3.39. The molecule has 0 spiro atoms. The third-order valence-corrected chi connectivity index (χ3v) is 5.39. The third-order valence-electron chi connectivity index (χ3n) is 5.39. The number of likely N-dealkylation sites (tertiary alicyclic amines) is 1. The van der Waals surface area contributed by atoms with Crippen molar-refractivity contribution in [3.05, 3.63) is 77.6 Å². The van der Waals surface area contributed by atoms with Gasteiger partial charge in [0.05, 0.1) is 0 Å². The number of carbonyl (C=O) groups is 1. The summed E-state index contributed by atoms with van der Waals surface area (Å²) in [5, 5.41) is 4.15. The maximum Gasteiger partial charge on any atom is 0.259 e. The van der Waals surface area contributed by atoms with Crippen molar-refractivity contribution in [2.45, 2.75) is 26.2 Å². The van der Waals surface area contributed by atoms with Crippen molar-refractivity contribution in [3.63, 3.8) is 0 Å². The van der Waals surface area contributed by atoms with Crippen LogP contribution in [0.25, 0.3) is 11.3 Å². The molecule has 1 saturated heterocycles. The number of aromatic nitrogens is 1. The highest BCUT2D eigenvalue weighted by atomic mass is 16.5. The maximum atomic E-state index is 13.2. The number of benzene rings is 2. The summed E-state index contributed by atoms with van der Waals surface area (Å²) in [7, 11) is 0. The molecule has 1 amide bonds. The van der Waals surface area contributed by atoms with E-state index in [-0.39, 0.29) is 5.91 Å². The Morgan fingerprint density at radius 1 is 1.04 bits per heavy atom. The maximum absolute atomic E-state index is 13.2. The van der Waals surface area contributed by atoms with Crippen LogP contribution in [0, 0.1) is 12.8 Å². The van der Waals surface area contributed by atoms with Crippen LogP contribution in [0.5, 0.6) is 0 Å². The van der Waals surface area contributed by atoms with Crippen LogP contribution in [0.1, 0.15) is 34.5 Å². The highest BCUT2D eigenvalue weighted by Crippen LogP contribution is 2.28. The lowest BCUT2D eigenvalue weighted by atomic mass is 9.90. The highest BCUT2D eigenvalue weighted by Gasteiger charge is 2.29. The number of aryl methyl sites for hydroxylation is 1. The first kappa shape index (κ1) is 17.5. The van der Waals surface area contributed by atoms with Crippen molar-refractivity contribution >= 4 is 5.91 Å². The Labute approximate surface area is 159 Å². The number of carbonyl (C=O) groups excluding carboxylic acids is 1. The molecule has 1 aliphatic heterocycles. The molecule has 0 radical (unpaired) electrons. The largest absolute Gasteiger partial charge is 0.360 e. The van der Waals surface area contributed by atoms with E-state index in [2.05, 4.69) is 35.5 Å². The van der Waals surface area contributed by atoms with Crippen LogP contribution in [-0.2, 0) is 6.42 Å². The van der Waals surface area contributed by atoms with Gasteiger partial charge in [-0.1, -0.05) is 65.8 Å². The quantitative estimate of drug-likeness (QED) is 0.675. The topological polar surface area (TPSA) is 46.3 Å². The van der Waals surface area contributed by atoms with Gasteiger partial charge >= 0.3 is 0 Å². The van der Waals surface area contributed by atoms with Gasteiger partial charge in [-0.3, -0.25) is 4.79 Å². The number of amides is 1. The fraction of sp³-hybridized carbons (Fsp3) is 0.304. The Bertz CT molecular complexity index is 895. The molecule has 1 aliphatic rings. The zero-order valence-electron chi connectivity index (χ0n) is 15.6. The van der Waals surface area contributed by atoms with Gasteiger partial charge in [-0.15, -0.1) is 0 Å². The molecule has 0 atom stereocenters. The van der Waals surface area contributed by atoms with Crippen LogP contribution in [-0.4, -0.2) is 29.1 Å². The summed E-state index contributed by atoms with van der Waals surface area (Å²) >= 11 is 0. The normalized spacial score (nSPS) is 15.1. The van der Waals surface area contributed by atoms with Crippen LogP contribution in [0.4, 0.5) is 0 Å². The van der Waals surface area contributed by atoms with E-state index >= 15 is 0 Å². The van der Waals surface area contributed by atoms with Crippen LogP contribution in [0.2, 0.25) is 0 Å². The molecule has 0 saturated carbocycles. The molecule has 0 unspecified atom stereocenters. The lowest BCUT2D eigenvalue weighted by Gasteiger charge is -2.32. The lowest BCUT2D eigenvalue weighted by molar-refractivity contribution is 0.0689. The average Bonchev–Trinajstić information content (AvgIpc) is 3.11. The predicted molar refractivity (Wildman–Crippen MR) is 105 cm³/mol. The smallest absolute Gasteiger partial charge is 0.259 e. The first-order chi connectivity index (χ1) is 13.2. The highest BCUT2D eigenvalue weighted by molar-refractivity contribution is 6.00. The van der Waals surface area contributed by atoms with E-state index in [1.165, 1.54) is 5.56 Å². The molecule has 2 heterocycles. The van der Waals surface area contributed by atoms with E-state index in [1.54, 1.807) is 0 Å². The Kier molecular flexibility index (Phi) is 5.05. The van der Waals surface area contributed by atoms with Crippen molar-refractivity contribution in [2.24, 2.45) is 5.92 Å². The number of hydrogen-bond acceptors (Lipinski definition) is 3. The Morgan fingerprint density at radius 3 is 2.33 bits per heavy atom. The summed E-state index contributed by atoms with van der Waals surface area (Å²) in [6.07, 6.45) is 3.15. The number of hydrogen-bond donors (Lipinski definition) is 0. The predicted octanol–water partition coefficient (Wildman–Crippen LogP) is 4.74. The Morgan fingerprint density at radius 2 is 1.67 bits per heavy atom. The van der Waals surface area contributed by atoms with Gasteiger partial charge in [-0.2, -0.15) is 0 Å². The molecule has 0 N–H and O–H groups in total. The van der Waals surface area contributed by atoms with Crippen molar-refractivity contribution in [3.8, 4) is 11.3 Å². The minimum atomic E-state index is 0.0331. The molecule has 4 rings (SSSR count). The van der Waals surface area contributed by atoms with Gasteiger partial charge in [0.1, 0.15) is 17.0 Å². The Hall–Kier alpha value is -2.88. The summed E-state index contributed by atoms with van der Waals surface area (Å²) in [5.41, 5.74) is 3.53. The molecule has 1 aromatic heterocycles. The van der Waals surface area contributed by atoms with Crippen molar-refractivity contribution in [1.29, 1.82) is 0 Å². The van der Waals surface area contributed by atoms with E-state index in [0.29, 0.717) is 22.9 Å². The van der Waals surface area contributed by atoms with Gasteiger partial charge < -0.3 is 9.42 Å². The van der Waals surface area contributed by atoms with Crippen LogP contribution in [0.15, 0.2) is 65.2 Å². The minimum absolute atomic E-state index is 0.0331. The van der Waals surface area contributed by atoms with Gasteiger partial charge in [0.25, 0.3) is 5.91 Å². The summed E-state index contributed by atoms with van der Waals surface area (Å²) < 4.78 is 5.36. The molecule has 2 aromatic carbocycles. The fourth-order valence-electron chi connectivity index (χ4n) is 3.86. The SMILES string of the molecule is Cc1onc(-c2ccccc2)c1C(=O)N1CCC(Cc2ccccc2)CC1. The van der Waals surface area contributed by atoms with Crippen LogP contribution >= 0.6 is 0 Å². The van der Waals surface area contributed by atoms with E-state index < -0.39 is 0 Å². The van der Waals surface area contributed by atoms with Gasteiger partial charge in [0.15, 0.2) is 0 Å². The first-order valence-electron chi connectivity index (χ1n) is 9.57. The zero-order valence-corrected chi connectivity index (χ0v) is 15.6. The van der Waals surface area contributed by atoms with E-state index in [0.717, 1.165) is 37.9 Å². The lowest BCUT2D eigenvalue weighted by Crippen LogP contribution is -2.39. The zero-order chi connectivity index (χ0) is 18.6. The molecule has 0 bridgehead atoms. The van der Waals surface area contributed by atoms with Gasteiger partial charge in [0, 0.05) is 18.7 Å². The minimum Gasteiger partial charge on any atom is -0.360 e. The van der Waals surface area contributed by atoms with Gasteiger partial charge in [0.2, 0.25) is 0 Å². The summed E-state index contributed by atoms with van der Waals surface area (Å²) in [6, 6.07) is 20.4. The molecule has 138 valence electrons. The molecule has 4 nitrogen and oxygen atoms in total.